The number of benzene rings is 4. The van der Waals surface area contributed by atoms with Gasteiger partial charge in [0.15, 0.2) is 0 Å². The van der Waals surface area contributed by atoms with Gasteiger partial charge in [-0.3, -0.25) is 4.79 Å². The first-order valence-corrected chi connectivity index (χ1v) is 11.1. The molecule has 0 atom stereocenters. The lowest BCUT2D eigenvalue weighted by atomic mass is 10.1. The van der Waals surface area contributed by atoms with Crippen molar-refractivity contribution >= 4 is 56.5 Å². The molecule has 0 saturated carbocycles. The van der Waals surface area contributed by atoms with Crippen molar-refractivity contribution in [1.82, 2.24) is 0 Å². The zero-order valence-corrected chi connectivity index (χ0v) is 19.2. The lowest BCUT2D eigenvalue weighted by Gasteiger charge is -2.11. The quantitative estimate of drug-likeness (QED) is 0.229. The predicted octanol–water partition coefficient (Wildman–Crippen LogP) is 8.28. The zero-order valence-electron chi connectivity index (χ0n) is 17.0. The van der Waals surface area contributed by atoms with Crippen molar-refractivity contribution in [3.63, 3.8) is 0 Å². The van der Waals surface area contributed by atoms with Crippen LogP contribution in [0.15, 0.2) is 88.3 Å². The van der Waals surface area contributed by atoms with Crippen LogP contribution < -0.4 is 14.9 Å². The molecule has 0 bridgehead atoms. The van der Waals surface area contributed by atoms with Gasteiger partial charge in [0, 0.05) is 16.7 Å². The van der Waals surface area contributed by atoms with Gasteiger partial charge >= 0.3 is 0 Å². The van der Waals surface area contributed by atoms with Crippen molar-refractivity contribution in [2.45, 2.75) is 6.61 Å². The van der Waals surface area contributed by atoms with E-state index in [4.69, 9.17) is 48.7 Å². The highest BCUT2D eigenvalue weighted by Gasteiger charge is 2.13. The van der Waals surface area contributed by atoms with Crippen molar-refractivity contribution in [3.05, 3.63) is 110 Å². The zero-order chi connectivity index (χ0) is 22.9. The van der Waals surface area contributed by atoms with E-state index in [-0.39, 0.29) is 17.8 Å². The van der Waals surface area contributed by atoms with Crippen LogP contribution in [-0.2, 0) is 6.61 Å². The van der Waals surface area contributed by atoms with Crippen LogP contribution in [-0.4, -0.2) is 0 Å². The van der Waals surface area contributed by atoms with Crippen LogP contribution in [0.4, 0.5) is 0 Å². The Labute approximate surface area is 203 Å². The minimum atomic E-state index is -0.281. The minimum Gasteiger partial charge on any atom is -0.489 e. The molecule has 0 aliphatic carbocycles. The molecule has 0 spiro atoms. The van der Waals surface area contributed by atoms with Crippen molar-refractivity contribution in [2.24, 2.45) is 0 Å². The third-order valence-electron chi connectivity index (χ3n) is 5.19. The van der Waals surface area contributed by atoms with Crippen LogP contribution in [0.5, 0.6) is 17.2 Å². The molecule has 0 N–H and O–H groups in total. The molecule has 0 saturated heterocycles. The van der Waals surface area contributed by atoms with E-state index in [1.807, 2.05) is 42.5 Å². The average Bonchev–Trinajstić information content (AvgIpc) is 2.83. The fraction of sp³-hybridized carbons (Fsp3) is 0.0385. The second-order valence-electron chi connectivity index (χ2n) is 7.31. The molecule has 7 heteroatoms. The summed E-state index contributed by atoms with van der Waals surface area (Å²) in [5.74, 6) is 1.14. The highest BCUT2D eigenvalue weighted by atomic mass is 35.5. The molecule has 1 heterocycles. The van der Waals surface area contributed by atoms with E-state index in [1.54, 1.807) is 30.3 Å². The van der Waals surface area contributed by atoms with Crippen molar-refractivity contribution < 1.29 is 13.9 Å². The second-order valence-corrected chi connectivity index (χ2v) is 8.50. The fourth-order valence-electron chi connectivity index (χ4n) is 3.47. The van der Waals surface area contributed by atoms with Gasteiger partial charge in [0.1, 0.15) is 30.0 Å². The first kappa shape index (κ1) is 21.7. The first-order valence-electron chi connectivity index (χ1n) is 9.97. The van der Waals surface area contributed by atoms with Crippen molar-refractivity contribution in [2.75, 3.05) is 0 Å². The topological polar surface area (TPSA) is 48.7 Å². The van der Waals surface area contributed by atoms with Gasteiger partial charge in [0.05, 0.1) is 15.4 Å². The Hall–Kier alpha value is -3.18. The molecular weight excluding hydrogens is 483 g/mol. The summed E-state index contributed by atoms with van der Waals surface area (Å²) in [4.78, 5) is 12.9. The standard InChI is InChI=1S/C26H15Cl3O4/c27-21-9-10-22(28)25(29)20(21)13-31-17-7-8-19-23(12-17)32-14-24(26(19)30)33-18-6-5-15-3-1-2-4-16(15)11-18/h1-12,14H,13H2. The fourth-order valence-corrected chi connectivity index (χ4v) is 4.12. The molecule has 0 unspecified atom stereocenters. The summed E-state index contributed by atoms with van der Waals surface area (Å²) >= 11 is 18.5. The van der Waals surface area contributed by atoms with Gasteiger partial charge in [0.2, 0.25) is 11.2 Å². The molecule has 4 nitrogen and oxygen atoms in total. The second kappa shape index (κ2) is 8.99. The number of fused-ring (bicyclic) bond motifs is 2. The highest BCUT2D eigenvalue weighted by molar-refractivity contribution is 6.44. The molecule has 5 aromatic rings. The number of ether oxygens (including phenoxy) is 2. The molecule has 33 heavy (non-hydrogen) atoms. The summed E-state index contributed by atoms with van der Waals surface area (Å²) in [7, 11) is 0. The summed E-state index contributed by atoms with van der Waals surface area (Å²) in [5.41, 5.74) is 0.662. The van der Waals surface area contributed by atoms with E-state index in [2.05, 4.69) is 0 Å². The van der Waals surface area contributed by atoms with E-state index < -0.39 is 0 Å². The van der Waals surface area contributed by atoms with Gasteiger partial charge in [-0.1, -0.05) is 65.1 Å². The molecular formula is C26H15Cl3O4. The molecule has 5 rings (SSSR count). The average molecular weight is 498 g/mol. The summed E-state index contributed by atoms with van der Waals surface area (Å²) in [6.45, 7) is 0.108. The smallest absolute Gasteiger partial charge is 0.235 e. The molecule has 0 aliphatic heterocycles. The van der Waals surface area contributed by atoms with Crippen molar-refractivity contribution in [1.29, 1.82) is 0 Å². The Morgan fingerprint density at radius 1 is 0.788 bits per heavy atom. The third kappa shape index (κ3) is 4.38. The number of halogens is 3. The maximum atomic E-state index is 12.9. The van der Waals surface area contributed by atoms with E-state index in [0.717, 1.165) is 10.8 Å². The number of hydrogen-bond acceptors (Lipinski definition) is 4. The van der Waals surface area contributed by atoms with E-state index in [1.165, 1.54) is 6.26 Å². The molecule has 4 aromatic carbocycles. The van der Waals surface area contributed by atoms with Gasteiger partial charge in [-0.05, 0) is 47.2 Å². The normalized spacial score (nSPS) is 11.1. The summed E-state index contributed by atoms with van der Waals surface area (Å²) in [6.07, 6.45) is 1.30. The monoisotopic (exact) mass is 496 g/mol. The lowest BCUT2D eigenvalue weighted by molar-refractivity contribution is 0.306. The Morgan fingerprint density at radius 2 is 1.55 bits per heavy atom. The Bertz CT molecular complexity index is 1560. The first-order chi connectivity index (χ1) is 16.0. The molecule has 0 amide bonds. The van der Waals surface area contributed by atoms with Gasteiger partial charge in [0.25, 0.3) is 0 Å². The van der Waals surface area contributed by atoms with Crippen LogP contribution in [0, 0.1) is 0 Å². The molecule has 164 valence electrons. The van der Waals surface area contributed by atoms with Crippen LogP contribution in [0.2, 0.25) is 15.1 Å². The SMILES string of the molecule is O=c1c(Oc2ccc3ccccc3c2)coc2cc(OCc3c(Cl)ccc(Cl)c3Cl)ccc12. The molecule has 0 radical (unpaired) electrons. The van der Waals surface area contributed by atoms with Crippen LogP contribution >= 0.6 is 34.8 Å². The Morgan fingerprint density at radius 3 is 2.39 bits per heavy atom. The Kier molecular flexibility index (Phi) is 5.90. The predicted molar refractivity (Wildman–Crippen MR) is 132 cm³/mol. The van der Waals surface area contributed by atoms with Crippen LogP contribution in [0.1, 0.15) is 5.56 Å². The van der Waals surface area contributed by atoms with Gasteiger partial charge in [-0.25, -0.2) is 0 Å². The van der Waals surface area contributed by atoms with E-state index in [0.29, 0.717) is 43.1 Å². The number of rotatable bonds is 5. The lowest BCUT2D eigenvalue weighted by Crippen LogP contribution is -2.05. The molecule has 0 aliphatic rings. The third-order valence-corrected chi connectivity index (χ3v) is 6.38. The van der Waals surface area contributed by atoms with Crippen LogP contribution in [0.25, 0.3) is 21.7 Å². The maximum absolute atomic E-state index is 12.9. The van der Waals surface area contributed by atoms with Gasteiger partial charge in [-0.2, -0.15) is 0 Å². The Balaban J connectivity index is 1.39. The van der Waals surface area contributed by atoms with Crippen LogP contribution in [0.3, 0.4) is 0 Å². The highest BCUT2D eigenvalue weighted by Crippen LogP contribution is 2.33. The largest absolute Gasteiger partial charge is 0.489 e. The molecule has 1 aromatic heterocycles. The summed E-state index contributed by atoms with van der Waals surface area (Å²) in [6, 6.07) is 21.8. The maximum Gasteiger partial charge on any atom is 0.235 e. The van der Waals surface area contributed by atoms with Crippen molar-refractivity contribution in [3.8, 4) is 17.2 Å². The van der Waals surface area contributed by atoms with Gasteiger partial charge < -0.3 is 13.9 Å². The summed E-state index contributed by atoms with van der Waals surface area (Å²) < 4.78 is 17.3. The minimum absolute atomic E-state index is 0.101. The van der Waals surface area contributed by atoms with E-state index in [9.17, 15) is 4.79 Å². The summed E-state index contributed by atoms with van der Waals surface area (Å²) in [5, 5.41) is 3.66. The van der Waals surface area contributed by atoms with Gasteiger partial charge in [-0.15, -0.1) is 0 Å². The van der Waals surface area contributed by atoms with E-state index >= 15 is 0 Å². The number of hydrogen-bond donors (Lipinski definition) is 0. The molecule has 0 fully saturated rings.